The zero-order valence-corrected chi connectivity index (χ0v) is 14.8. The highest BCUT2D eigenvalue weighted by molar-refractivity contribution is 6.28. The molecular formula is C16H21ClN4O3. The van der Waals surface area contributed by atoms with Crippen molar-refractivity contribution in [2.75, 3.05) is 13.1 Å². The Morgan fingerprint density at radius 1 is 1.38 bits per heavy atom. The first-order valence-corrected chi connectivity index (χ1v) is 8.36. The zero-order chi connectivity index (χ0) is 17.5. The summed E-state index contributed by atoms with van der Waals surface area (Å²) < 4.78 is 5.52. The summed E-state index contributed by atoms with van der Waals surface area (Å²) in [5.74, 6) is -0.0338. The Hall–Kier alpha value is -1.89. The minimum absolute atomic E-state index is 0.0338. The number of halogens is 1. The van der Waals surface area contributed by atoms with E-state index in [-0.39, 0.29) is 11.2 Å². The molecule has 3 heterocycles. The summed E-state index contributed by atoms with van der Waals surface area (Å²) in [4.78, 5) is 34.9. The second-order valence-corrected chi connectivity index (χ2v) is 7.61. The van der Waals surface area contributed by atoms with E-state index in [0.29, 0.717) is 31.5 Å². The molecule has 0 bridgehead atoms. The predicted molar refractivity (Wildman–Crippen MR) is 87.4 cm³/mol. The van der Waals surface area contributed by atoms with Crippen LogP contribution in [0, 0.1) is 5.41 Å². The second kappa shape index (κ2) is 5.88. The molecule has 2 saturated heterocycles. The quantitative estimate of drug-likeness (QED) is 0.784. The highest BCUT2D eigenvalue weighted by Crippen LogP contribution is 2.51. The van der Waals surface area contributed by atoms with Gasteiger partial charge in [-0.15, -0.1) is 0 Å². The van der Waals surface area contributed by atoms with E-state index in [2.05, 4.69) is 15.3 Å². The highest BCUT2D eigenvalue weighted by atomic mass is 35.5. The normalized spacial score (nSPS) is 26.8. The SMILES string of the molecule is CC(C)(C)OC(=O)N1CCC2(CCNC2=O)C1c1cnc(Cl)nc1. The van der Waals surface area contributed by atoms with Gasteiger partial charge < -0.3 is 10.1 Å². The third-order valence-electron chi connectivity index (χ3n) is 4.53. The number of carbonyl (C=O) groups is 2. The Balaban J connectivity index is 1.98. The molecule has 2 unspecified atom stereocenters. The summed E-state index contributed by atoms with van der Waals surface area (Å²) in [7, 11) is 0. The van der Waals surface area contributed by atoms with E-state index in [1.165, 1.54) is 0 Å². The fraction of sp³-hybridized carbons (Fsp3) is 0.625. The molecule has 2 aliphatic rings. The van der Waals surface area contributed by atoms with Gasteiger partial charge in [-0.25, -0.2) is 14.8 Å². The summed E-state index contributed by atoms with van der Waals surface area (Å²) >= 11 is 5.78. The Bertz CT molecular complexity index is 658. The molecule has 2 amide bonds. The summed E-state index contributed by atoms with van der Waals surface area (Å²) in [5.41, 5.74) is -0.570. The van der Waals surface area contributed by atoms with Crippen molar-refractivity contribution in [3.8, 4) is 0 Å². The minimum atomic E-state index is -0.659. The van der Waals surface area contributed by atoms with Crippen molar-refractivity contribution in [1.82, 2.24) is 20.2 Å². The van der Waals surface area contributed by atoms with E-state index in [1.807, 2.05) is 20.8 Å². The smallest absolute Gasteiger partial charge is 0.410 e. The fourth-order valence-electron chi connectivity index (χ4n) is 3.55. The van der Waals surface area contributed by atoms with Crippen molar-refractivity contribution in [1.29, 1.82) is 0 Å². The predicted octanol–water partition coefficient (Wildman–Crippen LogP) is 2.32. The summed E-state index contributed by atoms with van der Waals surface area (Å²) in [5, 5.41) is 3.02. The monoisotopic (exact) mass is 352 g/mol. The first-order chi connectivity index (χ1) is 11.2. The van der Waals surface area contributed by atoms with Crippen LogP contribution >= 0.6 is 11.6 Å². The maximum atomic E-state index is 12.7. The van der Waals surface area contributed by atoms with E-state index in [0.717, 1.165) is 0 Å². The van der Waals surface area contributed by atoms with Crippen molar-refractivity contribution in [2.24, 2.45) is 5.41 Å². The van der Waals surface area contributed by atoms with E-state index in [9.17, 15) is 9.59 Å². The van der Waals surface area contributed by atoms with Crippen LogP contribution in [0.4, 0.5) is 4.79 Å². The van der Waals surface area contributed by atoms with Gasteiger partial charge in [0.1, 0.15) is 5.60 Å². The molecular weight excluding hydrogens is 332 g/mol. The lowest BCUT2D eigenvalue weighted by atomic mass is 9.76. The number of amides is 2. The van der Waals surface area contributed by atoms with Crippen molar-refractivity contribution >= 4 is 23.6 Å². The first kappa shape index (κ1) is 17.0. The lowest BCUT2D eigenvalue weighted by Gasteiger charge is -2.34. The largest absolute Gasteiger partial charge is 0.444 e. The average molecular weight is 353 g/mol. The van der Waals surface area contributed by atoms with E-state index in [1.54, 1.807) is 17.3 Å². The van der Waals surface area contributed by atoms with Crippen molar-refractivity contribution in [2.45, 2.75) is 45.3 Å². The van der Waals surface area contributed by atoms with Crippen molar-refractivity contribution in [3.05, 3.63) is 23.2 Å². The molecule has 7 nitrogen and oxygen atoms in total. The third-order valence-corrected chi connectivity index (χ3v) is 4.72. The molecule has 0 aromatic carbocycles. The Morgan fingerprint density at radius 3 is 2.58 bits per heavy atom. The van der Waals surface area contributed by atoms with Crippen LogP contribution in [-0.4, -0.2) is 45.6 Å². The molecule has 2 aliphatic heterocycles. The van der Waals surface area contributed by atoms with Gasteiger partial charge >= 0.3 is 6.09 Å². The van der Waals surface area contributed by atoms with Crippen molar-refractivity contribution < 1.29 is 14.3 Å². The number of hydrogen-bond donors (Lipinski definition) is 1. The van der Waals surface area contributed by atoms with Crippen LogP contribution in [0.3, 0.4) is 0 Å². The summed E-state index contributed by atoms with van der Waals surface area (Å²) in [6.07, 6.45) is 3.98. The topological polar surface area (TPSA) is 84.4 Å². The molecule has 0 radical (unpaired) electrons. The van der Waals surface area contributed by atoms with Gasteiger partial charge in [0.2, 0.25) is 11.2 Å². The van der Waals surface area contributed by atoms with Gasteiger partial charge in [0.05, 0.1) is 11.5 Å². The average Bonchev–Trinajstić information content (AvgIpc) is 3.04. The van der Waals surface area contributed by atoms with Crippen LogP contribution in [0.1, 0.15) is 45.2 Å². The zero-order valence-electron chi connectivity index (χ0n) is 14.0. The number of carbonyl (C=O) groups excluding carboxylic acids is 2. The molecule has 2 fully saturated rings. The maximum absolute atomic E-state index is 12.7. The molecule has 130 valence electrons. The first-order valence-electron chi connectivity index (χ1n) is 7.98. The summed E-state index contributed by atoms with van der Waals surface area (Å²) in [6, 6.07) is -0.452. The van der Waals surface area contributed by atoms with Gasteiger partial charge in [0, 0.05) is 31.0 Å². The fourth-order valence-corrected chi connectivity index (χ4v) is 3.65. The number of aromatic nitrogens is 2. The van der Waals surface area contributed by atoms with Crippen LogP contribution in [-0.2, 0) is 9.53 Å². The molecule has 0 saturated carbocycles. The van der Waals surface area contributed by atoms with Crippen LogP contribution < -0.4 is 5.32 Å². The molecule has 24 heavy (non-hydrogen) atoms. The van der Waals surface area contributed by atoms with Gasteiger partial charge in [-0.1, -0.05) is 0 Å². The molecule has 1 spiro atoms. The molecule has 1 aromatic rings. The Morgan fingerprint density at radius 2 is 2.04 bits per heavy atom. The van der Waals surface area contributed by atoms with E-state index in [4.69, 9.17) is 16.3 Å². The standard InChI is InChI=1S/C16H21ClN4O3/c1-15(2,3)24-14(23)21-7-5-16(4-6-18-12(16)22)11(21)10-8-19-13(17)20-9-10/h8-9,11H,4-7H2,1-3H3,(H,18,22). The number of nitrogens with one attached hydrogen (secondary N) is 1. The lowest BCUT2D eigenvalue weighted by Crippen LogP contribution is -2.42. The van der Waals surface area contributed by atoms with Crippen molar-refractivity contribution in [3.63, 3.8) is 0 Å². The molecule has 2 atom stereocenters. The van der Waals surface area contributed by atoms with Crippen LogP contribution in [0.5, 0.6) is 0 Å². The third kappa shape index (κ3) is 2.92. The Labute approximate surface area is 145 Å². The molecule has 3 rings (SSSR count). The molecule has 0 aliphatic carbocycles. The van der Waals surface area contributed by atoms with Gasteiger partial charge in [-0.3, -0.25) is 9.69 Å². The Kier molecular flexibility index (Phi) is 4.15. The highest BCUT2D eigenvalue weighted by Gasteiger charge is 2.57. The maximum Gasteiger partial charge on any atom is 0.410 e. The van der Waals surface area contributed by atoms with Crippen LogP contribution in [0.25, 0.3) is 0 Å². The number of rotatable bonds is 1. The van der Waals surface area contributed by atoms with E-state index >= 15 is 0 Å². The molecule has 8 heteroatoms. The number of ether oxygens (including phenoxy) is 1. The molecule has 1 N–H and O–H groups in total. The van der Waals surface area contributed by atoms with Gasteiger partial charge in [-0.05, 0) is 45.2 Å². The van der Waals surface area contributed by atoms with Gasteiger partial charge in [0.15, 0.2) is 0 Å². The minimum Gasteiger partial charge on any atom is -0.444 e. The van der Waals surface area contributed by atoms with Gasteiger partial charge in [0.25, 0.3) is 0 Å². The second-order valence-electron chi connectivity index (χ2n) is 7.27. The summed E-state index contributed by atoms with van der Waals surface area (Å²) in [6.45, 7) is 6.51. The van der Waals surface area contributed by atoms with Crippen LogP contribution in [0.2, 0.25) is 5.28 Å². The van der Waals surface area contributed by atoms with E-state index < -0.39 is 23.2 Å². The lowest BCUT2D eigenvalue weighted by molar-refractivity contribution is -0.128. The number of hydrogen-bond acceptors (Lipinski definition) is 5. The molecule has 1 aromatic heterocycles. The number of likely N-dealkylation sites (tertiary alicyclic amines) is 1. The number of nitrogens with zero attached hydrogens (tertiary/aromatic N) is 3. The van der Waals surface area contributed by atoms with Crippen LogP contribution in [0.15, 0.2) is 12.4 Å². The van der Waals surface area contributed by atoms with Gasteiger partial charge in [-0.2, -0.15) is 0 Å².